The molecule has 21 heavy (non-hydrogen) atoms. The summed E-state index contributed by atoms with van der Waals surface area (Å²) in [4.78, 5) is 0. The Balaban J connectivity index is 2.66. The van der Waals surface area contributed by atoms with Gasteiger partial charge in [0.15, 0.2) is 11.6 Å². The zero-order chi connectivity index (χ0) is 15.8. The van der Waals surface area contributed by atoms with Gasteiger partial charge in [0.25, 0.3) is 0 Å². The van der Waals surface area contributed by atoms with Crippen LogP contribution >= 0.6 is 0 Å². The maximum Gasteiger partial charge on any atom is 0.534 e. The van der Waals surface area contributed by atoms with Crippen molar-refractivity contribution in [2.45, 2.75) is 5.51 Å². The lowest BCUT2D eigenvalue weighted by Crippen LogP contribution is -2.28. The van der Waals surface area contributed by atoms with Crippen molar-refractivity contribution in [3.63, 3.8) is 0 Å². The maximum absolute atomic E-state index is 14.2. The molecule has 0 radical (unpaired) electrons. The van der Waals surface area contributed by atoms with Crippen LogP contribution in [0.25, 0.3) is 10.8 Å². The lowest BCUT2D eigenvalue weighted by atomic mass is 10.1. The topological polar surface area (TPSA) is 52.6 Å². The summed E-state index contributed by atoms with van der Waals surface area (Å²) < 4.78 is 81.8. The zero-order valence-corrected chi connectivity index (χ0v) is 11.3. The molecule has 4 nitrogen and oxygen atoms in total. The Kier molecular flexibility index (Phi) is 3.70. The average molecular weight is 324 g/mol. The molecular weight excluding hydrogens is 316 g/mol. The fourth-order valence-corrected chi connectivity index (χ4v) is 2.12. The summed E-state index contributed by atoms with van der Waals surface area (Å²) in [5.41, 5.74) is -5.67. The predicted octanol–water partition coefficient (Wildman–Crippen LogP) is 3.22. The van der Waals surface area contributed by atoms with E-state index < -0.39 is 32.9 Å². The molecule has 0 fully saturated rings. The van der Waals surface area contributed by atoms with Gasteiger partial charge in [-0.2, -0.15) is 21.6 Å². The van der Waals surface area contributed by atoms with E-state index in [0.29, 0.717) is 5.39 Å². The van der Waals surface area contributed by atoms with Gasteiger partial charge in [-0.3, -0.25) is 0 Å². The molecule has 114 valence electrons. The Morgan fingerprint density at radius 2 is 1.76 bits per heavy atom. The molecule has 0 atom stereocenters. The van der Waals surface area contributed by atoms with Crippen molar-refractivity contribution in [3.8, 4) is 11.5 Å². The molecule has 0 spiro atoms. The number of hydrogen-bond donors (Lipinski definition) is 0. The number of ether oxygens (including phenoxy) is 1. The molecule has 2 rings (SSSR count). The molecule has 0 aliphatic heterocycles. The van der Waals surface area contributed by atoms with Crippen LogP contribution in [0, 0.1) is 5.82 Å². The number of hydrogen-bond acceptors (Lipinski definition) is 4. The third-order valence-electron chi connectivity index (χ3n) is 2.60. The molecule has 2 aromatic rings. The van der Waals surface area contributed by atoms with Crippen molar-refractivity contribution in [1.82, 2.24) is 0 Å². The van der Waals surface area contributed by atoms with E-state index in [9.17, 15) is 26.0 Å². The molecule has 0 saturated carbocycles. The monoisotopic (exact) mass is 324 g/mol. The second-order valence-electron chi connectivity index (χ2n) is 3.93. The predicted molar refractivity (Wildman–Crippen MR) is 66.1 cm³/mol. The number of fused-ring (bicyclic) bond motifs is 1. The Bertz CT molecular complexity index is 784. The van der Waals surface area contributed by atoms with E-state index in [4.69, 9.17) is 4.74 Å². The van der Waals surface area contributed by atoms with E-state index >= 15 is 0 Å². The van der Waals surface area contributed by atoms with E-state index in [-0.39, 0.29) is 5.39 Å². The molecule has 9 heteroatoms. The van der Waals surface area contributed by atoms with Gasteiger partial charge in [0.1, 0.15) is 0 Å². The van der Waals surface area contributed by atoms with Crippen molar-refractivity contribution in [2.24, 2.45) is 0 Å². The molecule has 2 aromatic carbocycles. The molecule has 0 heterocycles. The van der Waals surface area contributed by atoms with Crippen molar-refractivity contribution in [1.29, 1.82) is 0 Å². The maximum atomic E-state index is 14.2. The third-order valence-corrected chi connectivity index (χ3v) is 3.56. The summed E-state index contributed by atoms with van der Waals surface area (Å²) in [6.07, 6.45) is 0. The molecule has 0 unspecified atom stereocenters. The Morgan fingerprint density at radius 3 is 2.33 bits per heavy atom. The Morgan fingerprint density at radius 1 is 1.14 bits per heavy atom. The molecule has 0 aliphatic rings. The fourth-order valence-electron chi connectivity index (χ4n) is 1.65. The van der Waals surface area contributed by atoms with Crippen molar-refractivity contribution in [3.05, 3.63) is 36.1 Å². The minimum Gasteiger partial charge on any atom is -0.493 e. The molecule has 0 N–H and O–H groups in total. The molecule has 0 amide bonds. The first-order chi connectivity index (χ1) is 9.67. The van der Waals surface area contributed by atoms with E-state index in [1.807, 2.05) is 0 Å². The van der Waals surface area contributed by atoms with Crippen LogP contribution in [0.2, 0.25) is 0 Å². The number of methoxy groups -OCH3 is 1. The summed E-state index contributed by atoms with van der Waals surface area (Å²) in [6, 6.07) is 6.97. The highest BCUT2D eigenvalue weighted by Crippen LogP contribution is 2.39. The van der Waals surface area contributed by atoms with E-state index in [0.717, 1.165) is 7.11 Å². The highest BCUT2D eigenvalue weighted by molar-refractivity contribution is 7.88. The standard InChI is InChI=1S/C12H8F4O4S/c1-19-9-6-7-4-2-3-5-8(7)10(13)11(9)20-21(17,18)12(14,15)16/h2-6H,1H3. The van der Waals surface area contributed by atoms with Gasteiger partial charge in [-0.05, 0) is 11.5 Å². The summed E-state index contributed by atoms with van der Waals surface area (Å²) in [7, 11) is -4.94. The van der Waals surface area contributed by atoms with Crippen molar-refractivity contribution >= 4 is 20.9 Å². The SMILES string of the molecule is COc1cc2ccccc2c(F)c1OS(=O)(=O)C(F)(F)F. The van der Waals surface area contributed by atoms with Crippen LogP contribution in [-0.4, -0.2) is 21.0 Å². The lowest BCUT2D eigenvalue weighted by molar-refractivity contribution is -0.0501. The lowest BCUT2D eigenvalue weighted by Gasteiger charge is -2.14. The van der Waals surface area contributed by atoms with Crippen molar-refractivity contribution < 1.29 is 34.9 Å². The Labute approximate surface area is 117 Å². The van der Waals surface area contributed by atoms with Crippen molar-refractivity contribution in [2.75, 3.05) is 7.11 Å². The highest BCUT2D eigenvalue weighted by atomic mass is 32.2. The fraction of sp³-hybridized carbons (Fsp3) is 0.167. The summed E-state index contributed by atoms with van der Waals surface area (Å²) in [5, 5.41) is 0.231. The van der Waals surface area contributed by atoms with E-state index in [1.54, 1.807) is 6.07 Å². The van der Waals surface area contributed by atoms with Gasteiger partial charge in [0, 0.05) is 5.39 Å². The number of rotatable bonds is 3. The van der Waals surface area contributed by atoms with Crippen LogP contribution in [0.1, 0.15) is 0 Å². The minimum atomic E-state index is -5.99. The largest absolute Gasteiger partial charge is 0.534 e. The molecule has 0 aromatic heterocycles. The van der Waals surface area contributed by atoms with Gasteiger partial charge in [0.05, 0.1) is 7.11 Å². The molecule has 0 bridgehead atoms. The van der Waals surface area contributed by atoms with Gasteiger partial charge in [-0.1, -0.05) is 24.3 Å². The zero-order valence-electron chi connectivity index (χ0n) is 10.4. The number of benzene rings is 2. The normalized spacial score (nSPS) is 12.4. The molecular formula is C12H8F4O4S. The first-order valence-electron chi connectivity index (χ1n) is 5.43. The van der Waals surface area contributed by atoms with Gasteiger partial charge in [-0.15, -0.1) is 0 Å². The second kappa shape index (κ2) is 5.06. The average Bonchev–Trinajstić information content (AvgIpc) is 2.40. The van der Waals surface area contributed by atoms with Gasteiger partial charge < -0.3 is 8.92 Å². The summed E-state index contributed by atoms with van der Waals surface area (Å²) in [6.45, 7) is 0. The third kappa shape index (κ3) is 2.73. The number of halogens is 4. The quantitative estimate of drug-likeness (QED) is 0.494. The molecule has 0 aliphatic carbocycles. The second-order valence-corrected chi connectivity index (χ2v) is 5.46. The summed E-state index contributed by atoms with van der Waals surface area (Å²) in [5.74, 6) is -2.84. The van der Waals surface area contributed by atoms with Crippen LogP contribution in [0.15, 0.2) is 30.3 Å². The summed E-state index contributed by atoms with van der Waals surface area (Å²) >= 11 is 0. The van der Waals surface area contributed by atoms with E-state index in [2.05, 4.69) is 4.18 Å². The van der Waals surface area contributed by atoms with Crippen LogP contribution in [0.5, 0.6) is 11.5 Å². The first kappa shape index (κ1) is 15.4. The molecule has 0 saturated heterocycles. The van der Waals surface area contributed by atoms with Gasteiger partial charge >= 0.3 is 15.6 Å². The first-order valence-corrected chi connectivity index (χ1v) is 6.84. The van der Waals surface area contributed by atoms with Gasteiger partial charge in [0.2, 0.25) is 5.75 Å². The van der Waals surface area contributed by atoms with Crippen LogP contribution in [-0.2, 0) is 10.1 Å². The highest BCUT2D eigenvalue weighted by Gasteiger charge is 2.49. The Hall–Kier alpha value is -2.03. The van der Waals surface area contributed by atoms with Gasteiger partial charge in [-0.25, -0.2) is 4.39 Å². The number of alkyl halides is 3. The van der Waals surface area contributed by atoms with Crippen LogP contribution in [0.3, 0.4) is 0 Å². The minimum absolute atomic E-state index is 0.0920. The van der Waals surface area contributed by atoms with Crippen LogP contribution in [0.4, 0.5) is 17.6 Å². The van der Waals surface area contributed by atoms with Crippen LogP contribution < -0.4 is 8.92 Å². The van der Waals surface area contributed by atoms with E-state index in [1.165, 1.54) is 24.3 Å². The smallest absolute Gasteiger partial charge is 0.493 e.